The van der Waals surface area contributed by atoms with Crippen molar-refractivity contribution < 1.29 is 4.79 Å². The van der Waals surface area contributed by atoms with Crippen LogP contribution in [0.15, 0.2) is 41.8 Å². The Kier molecular flexibility index (Phi) is 5.76. The number of thiophene rings is 1. The molecule has 1 atom stereocenters. The first-order chi connectivity index (χ1) is 13.3. The van der Waals surface area contributed by atoms with Crippen molar-refractivity contribution in [2.75, 3.05) is 31.5 Å². The summed E-state index contributed by atoms with van der Waals surface area (Å²) in [4.78, 5) is 18.3. The van der Waals surface area contributed by atoms with Gasteiger partial charge in [0.2, 0.25) is 0 Å². The molecule has 1 N–H and O–H groups in total. The highest BCUT2D eigenvalue weighted by atomic mass is 32.1. The maximum absolute atomic E-state index is 12.7. The first kappa shape index (κ1) is 18.1. The van der Waals surface area contributed by atoms with Crippen LogP contribution in [-0.4, -0.2) is 48.1 Å². The molecular weight excluding hydrogens is 354 g/mol. The highest BCUT2D eigenvalue weighted by molar-refractivity contribution is 7.10. The fourth-order valence-electron chi connectivity index (χ4n) is 3.90. The summed E-state index contributed by atoms with van der Waals surface area (Å²) in [6.07, 6.45) is 4.88. The smallest absolute Gasteiger partial charge is 0.321 e. The summed E-state index contributed by atoms with van der Waals surface area (Å²) in [6, 6.07) is 12.3. The molecule has 5 heteroatoms. The molecule has 0 aliphatic carbocycles. The molecule has 4 nitrogen and oxygen atoms in total. The minimum Gasteiger partial charge on any atom is -0.323 e. The van der Waals surface area contributed by atoms with Gasteiger partial charge in [-0.15, -0.1) is 11.3 Å². The van der Waals surface area contributed by atoms with Gasteiger partial charge < -0.3 is 10.2 Å². The van der Waals surface area contributed by atoms with Crippen molar-refractivity contribution in [1.29, 1.82) is 0 Å². The number of benzene rings is 1. The normalized spacial score (nSPS) is 20.1. The Balaban J connectivity index is 1.38. The molecule has 4 rings (SSSR count). The van der Waals surface area contributed by atoms with E-state index < -0.39 is 0 Å². The summed E-state index contributed by atoms with van der Waals surface area (Å²) < 4.78 is 0. The molecule has 1 aromatic heterocycles. The molecule has 2 amide bonds. The van der Waals surface area contributed by atoms with Crippen molar-refractivity contribution in [2.24, 2.45) is 0 Å². The quantitative estimate of drug-likeness (QED) is 0.792. The van der Waals surface area contributed by atoms with E-state index in [2.05, 4.69) is 22.1 Å². The van der Waals surface area contributed by atoms with Gasteiger partial charge in [-0.3, -0.25) is 4.90 Å². The van der Waals surface area contributed by atoms with Crippen molar-refractivity contribution in [2.45, 2.75) is 31.7 Å². The van der Waals surface area contributed by atoms with Gasteiger partial charge in [-0.2, -0.15) is 0 Å². The summed E-state index contributed by atoms with van der Waals surface area (Å²) in [5.41, 5.74) is 1.72. The molecule has 2 aliphatic heterocycles. The Labute approximate surface area is 165 Å². The molecule has 2 saturated heterocycles. The van der Waals surface area contributed by atoms with Crippen molar-refractivity contribution >= 4 is 23.1 Å². The average molecular weight is 380 g/mol. The summed E-state index contributed by atoms with van der Waals surface area (Å²) in [6.45, 7) is 4.05. The SMILES string of the molecule is O=C(Nc1cccc(C#Cc2cccs2)c1)N1CCC[C@@H](N2CCCC2)C1. The van der Waals surface area contributed by atoms with E-state index in [1.54, 1.807) is 11.3 Å². The zero-order valence-electron chi connectivity index (χ0n) is 15.5. The molecule has 0 radical (unpaired) electrons. The largest absolute Gasteiger partial charge is 0.323 e. The Morgan fingerprint density at radius 3 is 2.78 bits per heavy atom. The van der Waals surface area contributed by atoms with Crippen LogP contribution >= 0.6 is 11.3 Å². The number of anilines is 1. The summed E-state index contributed by atoms with van der Waals surface area (Å²) in [5.74, 6) is 6.33. The van der Waals surface area contributed by atoms with E-state index >= 15 is 0 Å². The standard InChI is InChI=1S/C22H25N3OS/c26-22(25-14-4-8-20(17-25)24-12-1-2-13-24)23-19-7-3-6-18(16-19)10-11-21-9-5-15-27-21/h3,5-7,9,15-16,20H,1-2,4,8,12-14,17H2,(H,23,26)/t20-/m1/s1. The maximum Gasteiger partial charge on any atom is 0.321 e. The van der Waals surface area contributed by atoms with Crippen LogP contribution in [0.25, 0.3) is 0 Å². The molecule has 2 aliphatic rings. The number of hydrogen-bond acceptors (Lipinski definition) is 3. The molecule has 3 heterocycles. The predicted molar refractivity (Wildman–Crippen MR) is 111 cm³/mol. The molecule has 2 aromatic rings. The van der Waals surface area contributed by atoms with Crippen LogP contribution in [-0.2, 0) is 0 Å². The molecule has 0 saturated carbocycles. The number of amides is 2. The van der Waals surface area contributed by atoms with Gasteiger partial charge in [0.25, 0.3) is 0 Å². The van der Waals surface area contributed by atoms with E-state index in [9.17, 15) is 4.79 Å². The summed E-state index contributed by atoms with van der Waals surface area (Å²) in [5, 5.41) is 5.08. The Hall–Kier alpha value is -2.29. The van der Waals surface area contributed by atoms with Gasteiger partial charge in [0.15, 0.2) is 0 Å². The van der Waals surface area contributed by atoms with E-state index in [-0.39, 0.29) is 6.03 Å². The molecule has 2 fully saturated rings. The Morgan fingerprint density at radius 1 is 1.07 bits per heavy atom. The highest BCUT2D eigenvalue weighted by Gasteiger charge is 2.29. The number of likely N-dealkylation sites (tertiary alicyclic amines) is 2. The minimum atomic E-state index is 0.00210. The van der Waals surface area contributed by atoms with Crippen molar-refractivity contribution in [3.63, 3.8) is 0 Å². The van der Waals surface area contributed by atoms with Gasteiger partial charge in [-0.25, -0.2) is 4.79 Å². The van der Waals surface area contributed by atoms with Crippen LogP contribution in [0, 0.1) is 11.8 Å². The lowest BCUT2D eigenvalue weighted by Crippen LogP contribution is -2.50. The van der Waals surface area contributed by atoms with E-state index in [4.69, 9.17) is 0 Å². The zero-order chi connectivity index (χ0) is 18.5. The highest BCUT2D eigenvalue weighted by Crippen LogP contribution is 2.21. The van der Waals surface area contributed by atoms with E-state index in [1.807, 2.05) is 46.7 Å². The minimum absolute atomic E-state index is 0.00210. The lowest BCUT2D eigenvalue weighted by atomic mass is 10.0. The second kappa shape index (κ2) is 8.60. The predicted octanol–water partition coefficient (Wildman–Crippen LogP) is 4.24. The average Bonchev–Trinajstić information content (AvgIpc) is 3.41. The van der Waals surface area contributed by atoms with E-state index in [1.165, 1.54) is 32.4 Å². The number of carbonyl (C=O) groups is 1. The molecular formula is C22H25N3OS. The molecule has 1 aromatic carbocycles. The molecule has 140 valence electrons. The Morgan fingerprint density at radius 2 is 1.96 bits per heavy atom. The first-order valence-corrected chi connectivity index (χ1v) is 10.6. The zero-order valence-corrected chi connectivity index (χ0v) is 16.3. The maximum atomic E-state index is 12.7. The molecule has 0 unspecified atom stereocenters. The van der Waals surface area contributed by atoms with Gasteiger partial charge in [-0.1, -0.05) is 24.0 Å². The fraction of sp³-hybridized carbons (Fsp3) is 0.409. The number of urea groups is 1. The number of rotatable bonds is 2. The first-order valence-electron chi connectivity index (χ1n) is 9.73. The van der Waals surface area contributed by atoms with Crippen molar-refractivity contribution in [3.05, 3.63) is 52.2 Å². The van der Waals surface area contributed by atoms with E-state index in [0.29, 0.717) is 6.04 Å². The van der Waals surface area contributed by atoms with Gasteiger partial charge in [0.1, 0.15) is 0 Å². The van der Waals surface area contributed by atoms with Gasteiger partial charge in [0.05, 0.1) is 4.88 Å². The van der Waals surface area contributed by atoms with Crippen LogP contribution in [0.2, 0.25) is 0 Å². The van der Waals surface area contributed by atoms with Crippen molar-refractivity contribution in [1.82, 2.24) is 9.80 Å². The number of carbonyl (C=O) groups excluding carboxylic acids is 1. The van der Waals surface area contributed by atoms with Crippen molar-refractivity contribution in [3.8, 4) is 11.8 Å². The number of piperidine rings is 1. The molecule has 27 heavy (non-hydrogen) atoms. The Bertz CT molecular complexity index is 831. The van der Waals surface area contributed by atoms with Crippen LogP contribution < -0.4 is 5.32 Å². The summed E-state index contributed by atoms with van der Waals surface area (Å²) >= 11 is 1.63. The topological polar surface area (TPSA) is 35.6 Å². The lowest BCUT2D eigenvalue weighted by Gasteiger charge is -2.37. The monoisotopic (exact) mass is 379 g/mol. The number of hydrogen-bond donors (Lipinski definition) is 1. The second-order valence-corrected chi connectivity index (χ2v) is 8.17. The fourth-order valence-corrected chi connectivity index (χ4v) is 4.48. The van der Waals surface area contributed by atoms with Gasteiger partial charge >= 0.3 is 6.03 Å². The van der Waals surface area contributed by atoms with Gasteiger partial charge in [0, 0.05) is 30.4 Å². The number of nitrogens with zero attached hydrogens (tertiary/aromatic N) is 2. The number of nitrogens with one attached hydrogen (secondary N) is 1. The third kappa shape index (κ3) is 4.71. The second-order valence-electron chi connectivity index (χ2n) is 7.22. The molecule has 0 bridgehead atoms. The third-order valence-corrected chi connectivity index (χ3v) is 6.09. The summed E-state index contributed by atoms with van der Waals surface area (Å²) in [7, 11) is 0. The van der Waals surface area contributed by atoms with Crippen LogP contribution in [0.5, 0.6) is 0 Å². The van der Waals surface area contributed by atoms with Crippen LogP contribution in [0.1, 0.15) is 36.1 Å². The third-order valence-electron chi connectivity index (χ3n) is 5.31. The van der Waals surface area contributed by atoms with Crippen LogP contribution in [0.3, 0.4) is 0 Å². The lowest BCUT2D eigenvalue weighted by molar-refractivity contribution is 0.132. The van der Waals surface area contributed by atoms with Gasteiger partial charge in [-0.05, 0) is 68.4 Å². The molecule has 0 spiro atoms. The van der Waals surface area contributed by atoms with E-state index in [0.717, 1.165) is 35.6 Å². The van der Waals surface area contributed by atoms with Crippen LogP contribution in [0.4, 0.5) is 10.5 Å².